The second-order valence-electron chi connectivity index (χ2n) is 12.6. The van der Waals surface area contributed by atoms with Crippen molar-refractivity contribution in [3.05, 3.63) is 48.5 Å². The van der Waals surface area contributed by atoms with Gasteiger partial charge in [-0.3, -0.25) is 0 Å². The van der Waals surface area contributed by atoms with Crippen LogP contribution in [0.15, 0.2) is 48.5 Å². The molecule has 0 saturated carbocycles. The quantitative estimate of drug-likeness (QED) is 0.0812. The SMILES string of the molecule is CC(C)(O)C(C)(C)O.CCCCCCCCCCCCCCCCCn1c2ccccc2c2ccccc21.OB(O)O. The van der Waals surface area contributed by atoms with E-state index in [1.54, 1.807) is 27.7 Å². The van der Waals surface area contributed by atoms with E-state index >= 15 is 0 Å². The molecule has 0 saturated heterocycles. The van der Waals surface area contributed by atoms with Gasteiger partial charge in [-0.25, -0.2) is 0 Å². The van der Waals surface area contributed by atoms with Gasteiger partial charge in [-0.15, -0.1) is 0 Å². The fraction of sp³-hybridized carbons (Fsp3) is 0.657. The van der Waals surface area contributed by atoms with E-state index in [-0.39, 0.29) is 0 Å². The fourth-order valence-electron chi connectivity index (χ4n) is 4.89. The van der Waals surface area contributed by atoms with Gasteiger partial charge in [0.05, 0.1) is 11.2 Å². The van der Waals surface area contributed by atoms with Crippen molar-refractivity contribution < 1.29 is 25.3 Å². The molecule has 3 rings (SSSR count). The molecule has 0 spiro atoms. The summed E-state index contributed by atoms with van der Waals surface area (Å²) in [7, 11) is -2.17. The monoisotopic (exact) mass is 585 g/mol. The zero-order chi connectivity index (χ0) is 31.4. The molecule has 0 unspecified atom stereocenters. The van der Waals surface area contributed by atoms with E-state index in [1.165, 1.54) is 118 Å². The molecule has 0 bridgehead atoms. The topological polar surface area (TPSA) is 106 Å². The van der Waals surface area contributed by atoms with Crippen molar-refractivity contribution in [1.29, 1.82) is 0 Å². The van der Waals surface area contributed by atoms with Gasteiger partial charge < -0.3 is 29.9 Å². The summed E-state index contributed by atoms with van der Waals surface area (Å²) in [6.07, 6.45) is 21.4. The number of nitrogens with zero attached hydrogens (tertiary/aromatic N) is 1. The van der Waals surface area contributed by atoms with Crippen molar-refractivity contribution in [3.8, 4) is 0 Å². The first-order valence-corrected chi connectivity index (χ1v) is 16.3. The lowest BCUT2D eigenvalue weighted by atomic mass is 9.90. The minimum Gasteiger partial charge on any atom is -0.402 e. The highest BCUT2D eigenvalue weighted by Crippen LogP contribution is 2.29. The third kappa shape index (κ3) is 15.5. The Bertz CT molecular complexity index is 1020. The second-order valence-corrected chi connectivity index (χ2v) is 12.6. The van der Waals surface area contributed by atoms with E-state index in [2.05, 4.69) is 60.0 Å². The lowest BCUT2D eigenvalue weighted by Gasteiger charge is -2.31. The molecule has 0 aliphatic heterocycles. The van der Waals surface area contributed by atoms with Crippen LogP contribution in [-0.4, -0.2) is 48.4 Å². The van der Waals surface area contributed by atoms with E-state index in [4.69, 9.17) is 25.3 Å². The Morgan fingerprint density at radius 3 is 1.12 bits per heavy atom. The first-order valence-electron chi connectivity index (χ1n) is 16.3. The second kappa shape index (κ2) is 20.9. The number of hydrogen-bond donors (Lipinski definition) is 5. The summed E-state index contributed by atoms with van der Waals surface area (Å²) in [5, 5.41) is 42.5. The van der Waals surface area contributed by atoms with Gasteiger partial charge in [-0.2, -0.15) is 0 Å². The summed E-state index contributed by atoms with van der Waals surface area (Å²) in [5.74, 6) is 0. The minimum absolute atomic E-state index is 1.01. The molecule has 0 aliphatic carbocycles. The number of aliphatic hydroxyl groups is 2. The van der Waals surface area contributed by atoms with Crippen molar-refractivity contribution >= 4 is 29.1 Å². The number of hydrogen-bond acceptors (Lipinski definition) is 5. The van der Waals surface area contributed by atoms with Crippen LogP contribution >= 0.6 is 0 Å². The average Bonchev–Trinajstić information content (AvgIpc) is 3.23. The predicted octanol–water partition coefficient (Wildman–Crippen LogP) is 8.14. The maximum Gasteiger partial charge on any atom is 0.631 e. The zero-order valence-corrected chi connectivity index (χ0v) is 27.2. The van der Waals surface area contributed by atoms with Crippen LogP contribution in [0.1, 0.15) is 131 Å². The minimum atomic E-state index is -2.17. The molecule has 0 radical (unpaired) electrons. The number of aromatic nitrogens is 1. The number of aryl methyl sites for hydroxylation is 1. The van der Waals surface area contributed by atoms with Crippen molar-refractivity contribution in [2.75, 3.05) is 0 Å². The Morgan fingerprint density at radius 2 is 0.810 bits per heavy atom. The largest absolute Gasteiger partial charge is 0.631 e. The molecule has 6 nitrogen and oxygen atoms in total. The van der Waals surface area contributed by atoms with Gasteiger partial charge in [0.25, 0.3) is 0 Å². The summed E-state index contributed by atoms with van der Waals surface area (Å²) < 4.78 is 2.53. The molecule has 238 valence electrons. The Balaban J connectivity index is 0.000000620. The molecule has 2 aromatic carbocycles. The van der Waals surface area contributed by atoms with Crippen LogP contribution in [-0.2, 0) is 6.54 Å². The van der Waals surface area contributed by atoms with Crippen LogP contribution in [0.4, 0.5) is 0 Å². The molecular formula is C35H60BNO5. The van der Waals surface area contributed by atoms with Crippen molar-refractivity contribution in [1.82, 2.24) is 4.57 Å². The van der Waals surface area contributed by atoms with Crippen LogP contribution in [0.3, 0.4) is 0 Å². The molecule has 0 aliphatic rings. The summed E-state index contributed by atoms with van der Waals surface area (Å²) in [6.45, 7) is 9.75. The summed E-state index contributed by atoms with van der Waals surface area (Å²) >= 11 is 0. The van der Waals surface area contributed by atoms with Crippen molar-refractivity contribution in [2.24, 2.45) is 0 Å². The van der Waals surface area contributed by atoms with E-state index in [0.717, 1.165) is 6.54 Å². The van der Waals surface area contributed by atoms with E-state index < -0.39 is 18.5 Å². The number of rotatable bonds is 17. The first-order chi connectivity index (χ1) is 19.9. The molecule has 42 heavy (non-hydrogen) atoms. The van der Waals surface area contributed by atoms with Crippen LogP contribution in [0.25, 0.3) is 21.8 Å². The number of benzene rings is 2. The van der Waals surface area contributed by atoms with Gasteiger partial charge in [0.2, 0.25) is 0 Å². The zero-order valence-electron chi connectivity index (χ0n) is 27.2. The maximum absolute atomic E-state index is 9.10. The lowest BCUT2D eigenvalue weighted by Crippen LogP contribution is -2.44. The molecule has 3 aromatic rings. The Morgan fingerprint density at radius 1 is 0.524 bits per heavy atom. The molecule has 0 fully saturated rings. The van der Waals surface area contributed by atoms with Crippen LogP contribution in [0, 0.1) is 0 Å². The molecule has 1 aromatic heterocycles. The fourth-order valence-corrected chi connectivity index (χ4v) is 4.89. The number of fused-ring (bicyclic) bond motifs is 3. The van der Waals surface area contributed by atoms with Crippen LogP contribution < -0.4 is 0 Å². The van der Waals surface area contributed by atoms with Crippen LogP contribution in [0.5, 0.6) is 0 Å². The Labute approximate surface area is 256 Å². The molecule has 0 atom stereocenters. The summed E-state index contributed by atoms with van der Waals surface area (Å²) in [4.78, 5) is 0. The van der Waals surface area contributed by atoms with Gasteiger partial charge in [-0.1, -0.05) is 133 Å². The Hall–Kier alpha value is -1.90. The summed E-state index contributed by atoms with van der Waals surface area (Å²) in [6, 6.07) is 17.7. The smallest absolute Gasteiger partial charge is 0.402 e. The van der Waals surface area contributed by atoms with E-state index in [0.29, 0.717) is 0 Å². The third-order valence-electron chi connectivity index (χ3n) is 8.16. The standard InChI is InChI=1S/C29H43N.C6H14O2.BH3O3/c1-2-3-4-5-6-7-8-9-10-11-12-13-14-15-20-25-30-28-23-18-16-21-26(28)27-22-17-19-24-29(27)30;1-5(2,7)6(3,4)8;2-1(3)4/h16-19,21-24H,2-15,20,25H2,1H3;7-8H,1-4H3;2-4H. The van der Waals surface area contributed by atoms with Crippen molar-refractivity contribution in [3.63, 3.8) is 0 Å². The van der Waals surface area contributed by atoms with E-state index in [1.807, 2.05) is 0 Å². The van der Waals surface area contributed by atoms with Gasteiger partial charge in [0.1, 0.15) is 0 Å². The summed E-state index contributed by atoms with van der Waals surface area (Å²) in [5.41, 5.74) is 0.771. The highest BCUT2D eigenvalue weighted by molar-refractivity contribution is 6.30. The van der Waals surface area contributed by atoms with Crippen LogP contribution in [0.2, 0.25) is 0 Å². The average molecular weight is 586 g/mol. The third-order valence-corrected chi connectivity index (χ3v) is 8.16. The predicted molar refractivity (Wildman–Crippen MR) is 179 cm³/mol. The number of unbranched alkanes of at least 4 members (excludes halogenated alkanes) is 14. The first kappa shape index (κ1) is 38.1. The molecule has 0 amide bonds. The molecule has 7 heteroatoms. The van der Waals surface area contributed by atoms with Gasteiger partial charge in [-0.05, 0) is 46.2 Å². The van der Waals surface area contributed by atoms with E-state index in [9.17, 15) is 0 Å². The molecule has 1 heterocycles. The van der Waals surface area contributed by atoms with Gasteiger partial charge in [0.15, 0.2) is 0 Å². The number of para-hydroxylation sites is 2. The van der Waals surface area contributed by atoms with Gasteiger partial charge >= 0.3 is 7.32 Å². The maximum atomic E-state index is 9.10. The van der Waals surface area contributed by atoms with Gasteiger partial charge in [0, 0.05) is 28.4 Å². The highest BCUT2D eigenvalue weighted by Gasteiger charge is 2.31. The van der Waals surface area contributed by atoms with Crippen molar-refractivity contribution in [2.45, 2.75) is 149 Å². The molecular weight excluding hydrogens is 525 g/mol. The lowest BCUT2D eigenvalue weighted by molar-refractivity contribution is -0.107. The Kier molecular flexibility index (Phi) is 19.0. The molecule has 5 N–H and O–H groups in total. The highest BCUT2D eigenvalue weighted by atomic mass is 16.5. The normalized spacial score (nSPS) is 11.7.